The molecule has 2 heterocycles. The van der Waals surface area contributed by atoms with Crippen LogP contribution in [0.2, 0.25) is 0 Å². The number of hydrogen-bond acceptors (Lipinski definition) is 4. The highest BCUT2D eigenvalue weighted by Gasteiger charge is 2.33. The van der Waals surface area contributed by atoms with Crippen LogP contribution in [0, 0.1) is 12.8 Å². The molecule has 1 N–H and O–H groups in total. The Morgan fingerprint density at radius 1 is 1.06 bits per heavy atom. The van der Waals surface area contributed by atoms with E-state index >= 15 is 0 Å². The van der Waals surface area contributed by atoms with Gasteiger partial charge >= 0.3 is 0 Å². The first kappa shape index (κ1) is 23.4. The molecule has 8 heteroatoms. The van der Waals surface area contributed by atoms with E-state index in [9.17, 15) is 18.0 Å². The predicted molar refractivity (Wildman–Crippen MR) is 127 cm³/mol. The van der Waals surface area contributed by atoms with E-state index in [0.29, 0.717) is 39.0 Å². The number of nitrogens with zero attached hydrogens (tertiary/aromatic N) is 2. The predicted octanol–water partition coefficient (Wildman–Crippen LogP) is 3.01. The van der Waals surface area contributed by atoms with E-state index in [1.807, 2.05) is 31.2 Å². The number of carbonyl (C=O) groups excluding carboxylic acids is 2. The third-order valence-corrected chi connectivity index (χ3v) is 8.46. The Bertz CT molecular complexity index is 1150. The first-order valence-electron chi connectivity index (χ1n) is 11.5. The molecule has 0 unspecified atom stereocenters. The van der Waals surface area contributed by atoms with Crippen LogP contribution in [0.15, 0.2) is 47.4 Å². The van der Waals surface area contributed by atoms with E-state index in [-0.39, 0.29) is 22.6 Å². The molecule has 0 atom stereocenters. The fourth-order valence-corrected chi connectivity index (χ4v) is 6.24. The number of nitrogens with one attached hydrogen (secondary N) is 1. The van der Waals surface area contributed by atoms with Gasteiger partial charge < -0.3 is 10.2 Å². The van der Waals surface area contributed by atoms with Crippen molar-refractivity contribution in [2.24, 2.45) is 5.92 Å². The van der Waals surface area contributed by atoms with Crippen molar-refractivity contribution in [2.75, 3.05) is 24.5 Å². The average molecular weight is 470 g/mol. The third-order valence-electron chi connectivity index (χ3n) is 6.56. The summed E-state index contributed by atoms with van der Waals surface area (Å²) in [7, 11) is -3.64. The number of benzene rings is 2. The van der Waals surface area contributed by atoms with E-state index in [0.717, 1.165) is 35.2 Å². The van der Waals surface area contributed by atoms with Gasteiger partial charge in [0.15, 0.2) is 0 Å². The number of carbonyl (C=O) groups is 2. The van der Waals surface area contributed by atoms with Gasteiger partial charge in [-0.05, 0) is 61.9 Å². The molecule has 4 rings (SSSR count). The summed E-state index contributed by atoms with van der Waals surface area (Å²) < 4.78 is 28.0. The normalized spacial score (nSPS) is 17.5. The summed E-state index contributed by atoms with van der Waals surface area (Å²) >= 11 is 0. The second kappa shape index (κ2) is 9.65. The number of hydrogen-bond donors (Lipinski definition) is 1. The zero-order valence-corrected chi connectivity index (χ0v) is 20.0. The lowest BCUT2D eigenvalue weighted by Crippen LogP contribution is -2.43. The number of aryl methyl sites for hydroxylation is 2. The van der Waals surface area contributed by atoms with Crippen molar-refractivity contribution in [3.05, 3.63) is 59.2 Å². The first-order chi connectivity index (χ1) is 15.8. The van der Waals surface area contributed by atoms with Crippen LogP contribution in [0.5, 0.6) is 0 Å². The van der Waals surface area contributed by atoms with Crippen LogP contribution in [-0.4, -0.2) is 44.2 Å². The topological polar surface area (TPSA) is 86.8 Å². The van der Waals surface area contributed by atoms with Crippen molar-refractivity contribution in [1.29, 1.82) is 0 Å². The standard InChI is InChI=1S/C25H31N3O4S/c1-18-5-3-6-20(15-18)17-26-25(30)21-10-13-27(14-11-21)33(31,32)23-8-9-24-22(16-23)7-4-12-28(24)19(2)29/h3,5-6,8-9,15-16,21H,4,7,10-14,17H2,1-2H3,(H,26,30). The molecule has 33 heavy (non-hydrogen) atoms. The molecule has 176 valence electrons. The number of sulfonamides is 1. The van der Waals surface area contributed by atoms with Gasteiger partial charge in [0.2, 0.25) is 21.8 Å². The van der Waals surface area contributed by atoms with Gasteiger partial charge in [-0.3, -0.25) is 9.59 Å². The Kier molecular flexibility index (Phi) is 6.86. The number of piperidine rings is 1. The fraction of sp³-hybridized carbons (Fsp3) is 0.440. The van der Waals surface area contributed by atoms with Crippen molar-refractivity contribution in [1.82, 2.24) is 9.62 Å². The molecule has 7 nitrogen and oxygen atoms in total. The summed E-state index contributed by atoms with van der Waals surface area (Å²) in [5.41, 5.74) is 3.90. The number of amides is 2. The van der Waals surface area contributed by atoms with Gasteiger partial charge in [0.25, 0.3) is 0 Å². The molecule has 0 bridgehead atoms. The van der Waals surface area contributed by atoms with E-state index in [1.54, 1.807) is 23.1 Å². The molecule has 0 saturated carbocycles. The third kappa shape index (κ3) is 5.12. The molecular formula is C25H31N3O4S. The highest BCUT2D eigenvalue weighted by molar-refractivity contribution is 7.89. The van der Waals surface area contributed by atoms with E-state index in [4.69, 9.17) is 0 Å². The Morgan fingerprint density at radius 3 is 2.52 bits per heavy atom. The van der Waals surface area contributed by atoms with Crippen LogP contribution in [0.4, 0.5) is 5.69 Å². The maximum Gasteiger partial charge on any atom is 0.243 e. The minimum absolute atomic E-state index is 0.0216. The van der Waals surface area contributed by atoms with Crippen molar-refractivity contribution in [3.8, 4) is 0 Å². The molecule has 2 aliphatic heterocycles. The van der Waals surface area contributed by atoms with Crippen molar-refractivity contribution in [2.45, 2.75) is 51.0 Å². The minimum atomic E-state index is -3.64. The molecular weight excluding hydrogens is 438 g/mol. The zero-order chi connectivity index (χ0) is 23.6. The number of rotatable bonds is 5. The summed E-state index contributed by atoms with van der Waals surface area (Å²) in [5.74, 6) is -0.241. The summed E-state index contributed by atoms with van der Waals surface area (Å²) in [6, 6.07) is 13.1. The average Bonchev–Trinajstić information content (AvgIpc) is 2.81. The quantitative estimate of drug-likeness (QED) is 0.729. The molecule has 0 aliphatic carbocycles. The summed E-state index contributed by atoms with van der Waals surface area (Å²) in [4.78, 5) is 26.5. The second-order valence-electron chi connectivity index (χ2n) is 8.95. The molecule has 2 aliphatic rings. The molecule has 1 fully saturated rings. The van der Waals surface area contributed by atoms with Crippen LogP contribution in [0.25, 0.3) is 0 Å². The monoisotopic (exact) mass is 469 g/mol. The second-order valence-corrected chi connectivity index (χ2v) is 10.9. The Labute approximate surface area is 195 Å². The van der Waals surface area contributed by atoms with Crippen LogP contribution >= 0.6 is 0 Å². The molecule has 1 saturated heterocycles. The van der Waals surface area contributed by atoms with Gasteiger partial charge in [0.05, 0.1) is 4.90 Å². The lowest BCUT2D eigenvalue weighted by atomic mass is 9.97. The zero-order valence-electron chi connectivity index (χ0n) is 19.2. The van der Waals surface area contributed by atoms with Gasteiger partial charge in [-0.1, -0.05) is 29.8 Å². The Hall–Kier alpha value is -2.71. The van der Waals surface area contributed by atoms with Crippen molar-refractivity contribution in [3.63, 3.8) is 0 Å². The fourth-order valence-electron chi connectivity index (χ4n) is 4.72. The minimum Gasteiger partial charge on any atom is -0.352 e. The lowest BCUT2D eigenvalue weighted by molar-refractivity contribution is -0.126. The number of anilines is 1. The molecule has 0 aromatic heterocycles. The summed E-state index contributed by atoms with van der Waals surface area (Å²) in [5, 5.41) is 2.99. The van der Waals surface area contributed by atoms with Crippen LogP contribution in [0.3, 0.4) is 0 Å². The van der Waals surface area contributed by atoms with Crippen molar-refractivity contribution >= 4 is 27.5 Å². The molecule has 0 spiro atoms. The largest absolute Gasteiger partial charge is 0.352 e. The maximum absolute atomic E-state index is 13.3. The number of fused-ring (bicyclic) bond motifs is 1. The first-order valence-corrected chi connectivity index (χ1v) is 12.9. The highest BCUT2D eigenvalue weighted by atomic mass is 32.2. The Morgan fingerprint density at radius 2 is 1.82 bits per heavy atom. The lowest BCUT2D eigenvalue weighted by Gasteiger charge is -2.32. The molecule has 2 aromatic carbocycles. The smallest absolute Gasteiger partial charge is 0.243 e. The SMILES string of the molecule is CC(=O)N1CCCc2cc(S(=O)(=O)N3CCC(C(=O)NCc4cccc(C)c4)CC3)ccc21. The van der Waals surface area contributed by atoms with Crippen molar-refractivity contribution < 1.29 is 18.0 Å². The van der Waals surface area contributed by atoms with Gasteiger partial charge in [-0.15, -0.1) is 0 Å². The van der Waals surface area contributed by atoms with E-state index in [2.05, 4.69) is 5.32 Å². The van der Waals surface area contributed by atoms with Gasteiger partial charge in [0, 0.05) is 44.7 Å². The van der Waals surface area contributed by atoms with Gasteiger partial charge in [0.1, 0.15) is 0 Å². The maximum atomic E-state index is 13.3. The summed E-state index contributed by atoms with van der Waals surface area (Å²) in [6.45, 7) is 5.33. The summed E-state index contributed by atoms with van der Waals surface area (Å²) in [6.07, 6.45) is 2.58. The van der Waals surface area contributed by atoms with E-state index < -0.39 is 10.0 Å². The van der Waals surface area contributed by atoms with Crippen LogP contribution in [0.1, 0.15) is 42.9 Å². The molecule has 0 radical (unpaired) electrons. The van der Waals surface area contributed by atoms with Crippen LogP contribution in [-0.2, 0) is 32.6 Å². The van der Waals surface area contributed by atoms with Gasteiger partial charge in [-0.2, -0.15) is 4.31 Å². The van der Waals surface area contributed by atoms with E-state index in [1.165, 1.54) is 11.2 Å². The van der Waals surface area contributed by atoms with Gasteiger partial charge in [-0.25, -0.2) is 8.42 Å². The molecule has 2 aromatic rings. The Balaban J connectivity index is 1.38. The highest BCUT2D eigenvalue weighted by Crippen LogP contribution is 2.31. The molecule has 2 amide bonds. The van der Waals surface area contributed by atoms with Crippen LogP contribution < -0.4 is 10.2 Å².